The Hall–Kier alpha value is -1.88. The summed E-state index contributed by atoms with van der Waals surface area (Å²) in [5, 5.41) is 0. The van der Waals surface area contributed by atoms with Crippen LogP contribution in [0.1, 0.15) is 217 Å². The zero-order chi connectivity index (χ0) is 49.9. The van der Waals surface area contributed by atoms with E-state index in [2.05, 4.69) is 124 Å². The normalized spacial score (nSPS) is 23.9. The van der Waals surface area contributed by atoms with Crippen molar-refractivity contribution in [2.45, 2.75) is 215 Å². The molecule has 380 valence electrons. The van der Waals surface area contributed by atoms with Gasteiger partial charge in [0.15, 0.2) is 0 Å². The topological polar surface area (TPSA) is 13.0 Å². The van der Waals surface area contributed by atoms with Crippen molar-refractivity contribution >= 4 is 5.69 Å². The Morgan fingerprint density at radius 2 is 0.578 bits per heavy atom. The van der Waals surface area contributed by atoms with Crippen LogP contribution in [0.3, 0.4) is 0 Å². The molecule has 3 saturated carbocycles. The van der Waals surface area contributed by atoms with E-state index in [4.69, 9.17) is 0 Å². The average molecular weight is 898 g/mol. The summed E-state index contributed by atoms with van der Waals surface area (Å²) in [5.74, 6) is 6.06. The Labute approximate surface area is 406 Å². The first kappa shape index (κ1) is 68.7. The second kappa shape index (κ2) is 47.6. The summed E-state index contributed by atoms with van der Waals surface area (Å²) in [4.78, 5) is 9.56. The summed E-state index contributed by atoms with van der Waals surface area (Å²) in [6, 6.07) is 17.9. The lowest BCUT2D eigenvalue weighted by atomic mass is 9.70. The van der Waals surface area contributed by atoms with E-state index in [1.54, 1.807) is 31.2 Å². The first-order valence-corrected chi connectivity index (χ1v) is 28.0. The molecule has 0 N–H and O–H groups in total. The molecule has 2 aromatic rings. The second-order valence-corrected chi connectivity index (χ2v) is 17.6. The maximum absolute atomic E-state index is 2.46. The van der Waals surface area contributed by atoms with Crippen molar-refractivity contribution in [2.75, 3.05) is 78.4 Å². The highest BCUT2D eigenvalue weighted by atomic mass is 15.2. The van der Waals surface area contributed by atoms with Gasteiger partial charge in [0, 0.05) is 58.0 Å². The molecule has 4 heteroatoms. The summed E-state index contributed by atoms with van der Waals surface area (Å²) >= 11 is 0. The van der Waals surface area contributed by atoms with Crippen molar-refractivity contribution in [1.29, 1.82) is 0 Å². The molecule has 0 spiro atoms. The lowest BCUT2D eigenvalue weighted by molar-refractivity contribution is 0.155. The molecule has 2 aliphatic heterocycles. The van der Waals surface area contributed by atoms with E-state index in [-0.39, 0.29) is 0 Å². The number of benzene rings is 2. The van der Waals surface area contributed by atoms with E-state index in [1.165, 1.54) is 107 Å². The van der Waals surface area contributed by atoms with Crippen LogP contribution in [0, 0.1) is 43.4 Å². The number of rotatable bonds is 3. The molecule has 0 unspecified atom stereocenters. The minimum absolute atomic E-state index is 0.840. The maximum Gasteiger partial charge on any atom is 0.0367 e. The van der Waals surface area contributed by atoms with Crippen molar-refractivity contribution in [3.05, 3.63) is 65.2 Å². The molecule has 0 aromatic heterocycles. The van der Waals surface area contributed by atoms with E-state index < -0.39 is 0 Å². The quantitative estimate of drug-likeness (QED) is 0.304. The van der Waals surface area contributed by atoms with E-state index in [0.717, 1.165) is 48.6 Å². The van der Waals surface area contributed by atoms with Crippen LogP contribution in [0.15, 0.2) is 48.5 Å². The van der Waals surface area contributed by atoms with Gasteiger partial charge in [0.25, 0.3) is 0 Å². The van der Waals surface area contributed by atoms with Crippen molar-refractivity contribution in [3.8, 4) is 0 Å². The SMILES string of the molecule is CC.CC.CC.CC.CC.CC.CC.CC1CCC(C2CCC(C)CC2)CC1.CN1CCN(C)CC1.Cc1ccc(C2CCC(C)CC2)cc1.Cc1ccc(N2CCN(C)CC2)cc1. The van der Waals surface area contributed by atoms with E-state index >= 15 is 0 Å². The van der Waals surface area contributed by atoms with Gasteiger partial charge in [-0.2, -0.15) is 0 Å². The third-order valence-corrected chi connectivity index (χ3v) is 13.0. The summed E-state index contributed by atoms with van der Waals surface area (Å²) < 4.78 is 0. The van der Waals surface area contributed by atoms with Gasteiger partial charge in [-0.25, -0.2) is 0 Å². The zero-order valence-corrected chi connectivity index (χ0v) is 48.0. The monoisotopic (exact) mass is 897 g/mol. The van der Waals surface area contributed by atoms with E-state index in [9.17, 15) is 0 Å². The lowest BCUT2D eigenvalue weighted by Gasteiger charge is -2.36. The molecule has 0 atom stereocenters. The summed E-state index contributed by atoms with van der Waals surface area (Å²) in [6.07, 6.45) is 17.8. The first-order chi connectivity index (χ1) is 31.0. The van der Waals surface area contributed by atoms with Crippen LogP contribution < -0.4 is 4.90 Å². The average Bonchev–Trinajstić information content (AvgIpc) is 3.37. The number of piperazine rings is 2. The number of likely N-dealkylation sites (N-methyl/N-ethyl adjacent to an activating group) is 3. The van der Waals surface area contributed by atoms with Gasteiger partial charge >= 0.3 is 0 Å². The Bertz CT molecular complexity index is 1050. The highest BCUT2D eigenvalue weighted by Gasteiger charge is 2.28. The van der Waals surface area contributed by atoms with Crippen LogP contribution >= 0.6 is 0 Å². The van der Waals surface area contributed by atoms with Crippen molar-refractivity contribution in [3.63, 3.8) is 0 Å². The highest BCUT2D eigenvalue weighted by molar-refractivity contribution is 5.47. The number of anilines is 1. The summed E-state index contributed by atoms with van der Waals surface area (Å²) in [5.41, 5.74) is 5.63. The fourth-order valence-electron chi connectivity index (χ4n) is 8.67. The fourth-order valence-corrected chi connectivity index (χ4v) is 8.67. The molecule has 0 radical (unpaired) electrons. The van der Waals surface area contributed by atoms with Crippen LogP contribution in [0.25, 0.3) is 0 Å². The van der Waals surface area contributed by atoms with Gasteiger partial charge in [-0.3, -0.25) is 0 Å². The predicted molar refractivity (Wildman–Crippen MR) is 299 cm³/mol. The highest BCUT2D eigenvalue weighted by Crippen LogP contribution is 2.41. The summed E-state index contributed by atoms with van der Waals surface area (Å²) in [6.45, 7) is 49.1. The van der Waals surface area contributed by atoms with Gasteiger partial charge < -0.3 is 19.6 Å². The number of nitrogens with zero attached hydrogens (tertiary/aromatic N) is 4. The van der Waals surface area contributed by atoms with Gasteiger partial charge in [-0.15, -0.1) is 0 Å². The smallest absolute Gasteiger partial charge is 0.0367 e. The Kier molecular flexibility index (Phi) is 51.1. The number of aryl methyl sites for hydroxylation is 2. The van der Waals surface area contributed by atoms with Crippen molar-refractivity contribution in [2.24, 2.45) is 29.6 Å². The predicted octanol–water partition coefficient (Wildman–Crippen LogP) is 17.7. The van der Waals surface area contributed by atoms with E-state index in [0.29, 0.717) is 0 Å². The maximum atomic E-state index is 2.46. The Balaban J connectivity index is -0.000000347. The molecule has 2 heterocycles. The van der Waals surface area contributed by atoms with Gasteiger partial charge in [0.1, 0.15) is 0 Å². The third kappa shape index (κ3) is 32.7. The van der Waals surface area contributed by atoms with Crippen LogP contribution in [0.4, 0.5) is 5.69 Å². The fraction of sp³-hybridized carbons (Fsp3) is 0.800. The lowest BCUT2D eigenvalue weighted by Crippen LogP contribution is -2.44. The van der Waals surface area contributed by atoms with Crippen LogP contribution in [-0.2, 0) is 0 Å². The van der Waals surface area contributed by atoms with E-state index in [1.807, 2.05) is 96.9 Å². The number of hydrogen-bond donors (Lipinski definition) is 0. The first-order valence-electron chi connectivity index (χ1n) is 28.0. The molecular formula is C60H120N4. The van der Waals surface area contributed by atoms with Gasteiger partial charge in [0.2, 0.25) is 0 Å². The molecule has 7 rings (SSSR count). The van der Waals surface area contributed by atoms with Crippen LogP contribution in [0.2, 0.25) is 0 Å². The molecule has 5 fully saturated rings. The van der Waals surface area contributed by atoms with Gasteiger partial charge in [-0.05, 0) is 127 Å². The minimum atomic E-state index is 0.840. The largest absolute Gasteiger partial charge is 0.369 e. The molecule has 0 bridgehead atoms. The minimum Gasteiger partial charge on any atom is -0.369 e. The number of hydrogen-bond acceptors (Lipinski definition) is 4. The molecule has 2 aromatic carbocycles. The van der Waals surface area contributed by atoms with Crippen LogP contribution in [0.5, 0.6) is 0 Å². The third-order valence-electron chi connectivity index (χ3n) is 13.0. The molecule has 0 amide bonds. The molecule has 4 nitrogen and oxygen atoms in total. The van der Waals surface area contributed by atoms with Crippen LogP contribution in [-0.4, -0.2) is 88.2 Å². The molecule has 3 aliphatic carbocycles. The Morgan fingerprint density at radius 3 is 0.875 bits per heavy atom. The molecule has 64 heavy (non-hydrogen) atoms. The second-order valence-electron chi connectivity index (χ2n) is 17.6. The molecule has 5 aliphatic rings. The van der Waals surface area contributed by atoms with Gasteiger partial charge in [-0.1, -0.05) is 204 Å². The molecule has 2 saturated heterocycles. The van der Waals surface area contributed by atoms with Crippen molar-refractivity contribution in [1.82, 2.24) is 14.7 Å². The Morgan fingerprint density at radius 1 is 0.328 bits per heavy atom. The van der Waals surface area contributed by atoms with Crippen molar-refractivity contribution < 1.29 is 0 Å². The molecular weight excluding hydrogens is 777 g/mol. The van der Waals surface area contributed by atoms with Gasteiger partial charge in [0.05, 0.1) is 0 Å². The zero-order valence-electron chi connectivity index (χ0n) is 48.0. The summed E-state index contributed by atoms with van der Waals surface area (Å²) in [7, 11) is 6.53. The standard InChI is InChI=1S/C14H26.C14H20.C12H18N2.C6H14N2.7C2H6/c2*1-11-3-7-13(8-4-11)14-9-5-12(2)6-10-14;1-11-3-5-12(6-4-11)14-9-7-13(2)8-10-14;1-7-3-5-8(2)6-4-7;7*1-2/h11-14H,3-10H2,1-2H3;3-4,7-8,12,14H,5-6,9-10H2,1-2H3;3-6H,7-10H2,1-2H3;3-6H2,1-2H3;7*1-2H3.